The van der Waals surface area contributed by atoms with Gasteiger partial charge in [0.2, 0.25) is 0 Å². The van der Waals surface area contributed by atoms with E-state index in [4.69, 9.17) is 16.3 Å². The molecule has 0 unspecified atom stereocenters. The Morgan fingerprint density at radius 1 is 1.22 bits per heavy atom. The Hall–Kier alpha value is -1.55. The summed E-state index contributed by atoms with van der Waals surface area (Å²) in [7, 11) is 0. The lowest BCUT2D eigenvalue weighted by Crippen LogP contribution is -2.39. The molecule has 0 saturated heterocycles. The monoisotopic (exact) mass is 337 g/mol. The van der Waals surface area contributed by atoms with Crippen LogP contribution in [0.2, 0.25) is 5.02 Å². The first-order valence-electron chi connectivity index (χ1n) is 8.23. The molecule has 1 aliphatic carbocycles. The molecule has 1 N–H and O–H groups in total. The standard InChI is InChI=1S/C18H24ClNO3/c1-13-6-9-15(10-7-13)20-17(21)12-23-18(22)11-8-14-4-2-3-5-16(14)19/h2-5,13,15H,6-12H2,1H3,(H,20,21). The van der Waals surface area contributed by atoms with E-state index in [1.807, 2.05) is 18.2 Å². The summed E-state index contributed by atoms with van der Waals surface area (Å²) in [4.78, 5) is 23.5. The van der Waals surface area contributed by atoms with Gasteiger partial charge in [-0.3, -0.25) is 9.59 Å². The number of benzene rings is 1. The lowest BCUT2D eigenvalue weighted by molar-refractivity contribution is -0.148. The highest BCUT2D eigenvalue weighted by Gasteiger charge is 2.20. The molecule has 1 aliphatic rings. The second-order valence-electron chi connectivity index (χ2n) is 6.28. The van der Waals surface area contributed by atoms with E-state index in [0.29, 0.717) is 11.4 Å². The largest absolute Gasteiger partial charge is 0.456 e. The number of carbonyl (C=O) groups is 2. The van der Waals surface area contributed by atoms with E-state index in [0.717, 1.165) is 37.2 Å². The zero-order valence-corrected chi connectivity index (χ0v) is 14.3. The van der Waals surface area contributed by atoms with Gasteiger partial charge in [-0.1, -0.05) is 36.7 Å². The molecule has 2 rings (SSSR count). The Bertz CT molecular complexity index is 539. The van der Waals surface area contributed by atoms with Crippen molar-refractivity contribution < 1.29 is 14.3 Å². The predicted octanol–water partition coefficient (Wildman–Crippen LogP) is 3.51. The van der Waals surface area contributed by atoms with Gasteiger partial charge in [0.25, 0.3) is 5.91 Å². The van der Waals surface area contributed by atoms with Crippen LogP contribution in [0.1, 0.15) is 44.6 Å². The van der Waals surface area contributed by atoms with Crippen molar-refractivity contribution in [3.63, 3.8) is 0 Å². The molecule has 1 saturated carbocycles. The number of aryl methyl sites for hydroxylation is 1. The Kier molecular flexibility index (Phi) is 6.90. The van der Waals surface area contributed by atoms with Gasteiger partial charge >= 0.3 is 5.97 Å². The number of nitrogens with one attached hydrogen (secondary N) is 1. The van der Waals surface area contributed by atoms with E-state index in [1.54, 1.807) is 6.07 Å². The number of rotatable bonds is 6. The Labute approximate surface area is 142 Å². The maximum absolute atomic E-state index is 11.8. The third-order valence-corrected chi connectivity index (χ3v) is 4.67. The Balaban J connectivity index is 1.64. The Morgan fingerprint density at radius 3 is 2.61 bits per heavy atom. The van der Waals surface area contributed by atoms with Crippen LogP contribution in [0.25, 0.3) is 0 Å². The average Bonchev–Trinajstić information content (AvgIpc) is 2.54. The van der Waals surface area contributed by atoms with Crippen LogP contribution in [0.5, 0.6) is 0 Å². The third kappa shape index (κ3) is 6.22. The van der Waals surface area contributed by atoms with Gasteiger partial charge in [0.15, 0.2) is 6.61 Å². The van der Waals surface area contributed by atoms with Crippen LogP contribution in [0.4, 0.5) is 0 Å². The average molecular weight is 338 g/mol. The molecule has 23 heavy (non-hydrogen) atoms. The molecule has 1 aromatic carbocycles. The second kappa shape index (κ2) is 8.92. The Morgan fingerprint density at radius 2 is 1.91 bits per heavy atom. The number of amides is 1. The maximum atomic E-state index is 11.8. The van der Waals surface area contributed by atoms with Crippen LogP contribution >= 0.6 is 11.6 Å². The lowest BCUT2D eigenvalue weighted by Gasteiger charge is -2.26. The van der Waals surface area contributed by atoms with Crippen molar-refractivity contribution in [2.24, 2.45) is 5.92 Å². The number of hydrogen-bond donors (Lipinski definition) is 1. The highest BCUT2D eigenvalue weighted by Crippen LogP contribution is 2.23. The summed E-state index contributed by atoms with van der Waals surface area (Å²) in [5, 5.41) is 3.58. The molecule has 0 aromatic heterocycles. The van der Waals surface area contributed by atoms with Crippen LogP contribution in [0.3, 0.4) is 0 Å². The van der Waals surface area contributed by atoms with E-state index in [-0.39, 0.29) is 30.9 Å². The minimum atomic E-state index is -0.377. The third-order valence-electron chi connectivity index (χ3n) is 4.30. The van der Waals surface area contributed by atoms with Gasteiger partial charge in [0.1, 0.15) is 0 Å². The molecule has 1 fully saturated rings. The fourth-order valence-corrected chi connectivity index (χ4v) is 3.06. The highest BCUT2D eigenvalue weighted by atomic mass is 35.5. The molecular formula is C18H24ClNO3. The van der Waals surface area contributed by atoms with Gasteiger partial charge in [-0.2, -0.15) is 0 Å². The molecule has 0 aliphatic heterocycles. The van der Waals surface area contributed by atoms with Gasteiger partial charge in [0, 0.05) is 17.5 Å². The lowest BCUT2D eigenvalue weighted by atomic mass is 9.87. The fraction of sp³-hybridized carbons (Fsp3) is 0.556. The number of esters is 1. The molecule has 1 aromatic rings. The molecule has 4 nitrogen and oxygen atoms in total. The highest BCUT2D eigenvalue weighted by molar-refractivity contribution is 6.31. The van der Waals surface area contributed by atoms with Crippen LogP contribution in [0, 0.1) is 5.92 Å². The predicted molar refractivity (Wildman–Crippen MR) is 90.3 cm³/mol. The minimum Gasteiger partial charge on any atom is -0.456 e. The number of ether oxygens (including phenoxy) is 1. The molecule has 126 valence electrons. The normalized spacial score (nSPS) is 20.8. The molecule has 0 spiro atoms. The molecule has 0 atom stereocenters. The van der Waals surface area contributed by atoms with Crippen LogP contribution in [0.15, 0.2) is 24.3 Å². The van der Waals surface area contributed by atoms with Crippen molar-refractivity contribution >= 4 is 23.5 Å². The van der Waals surface area contributed by atoms with Gasteiger partial charge < -0.3 is 10.1 Å². The van der Waals surface area contributed by atoms with Crippen molar-refractivity contribution in [2.45, 2.75) is 51.5 Å². The van der Waals surface area contributed by atoms with Crippen molar-refractivity contribution in [1.29, 1.82) is 0 Å². The summed E-state index contributed by atoms with van der Waals surface area (Å²) < 4.78 is 5.03. The van der Waals surface area contributed by atoms with Crippen molar-refractivity contribution in [3.05, 3.63) is 34.9 Å². The van der Waals surface area contributed by atoms with Gasteiger partial charge in [-0.15, -0.1) is 0 Å². The SMILES string of the molecule is CC1CCC(NC(=O)COC(=O)CCc2ccccc2Cl)CC1. The molecule has 5 heteroatoms. The van der Waals surface area contributed by atoms with E-state index in [1.165, 1.54) is 0 Å². The first-order valence-corrected chi connectivity index (χ1v) is 8.61. The summed E-state index contributed by atoms with van der Waals surface area (Å²) in [6.45, 7) is 2.03. The molecule has 1 amide bonds. The summed E-state index contributed by atoms with van der Waals surface area (Å²) in [5.74, 6) is 0.152. The van der Waals surface area contributed by atoms with Gasteiger partial charge in [0.05, 0.1) is 0 Å². The fourth-order valence-electron chi connectivity index (χ4n) is 2.83. The van der Waals surface area contributed by atoms with E-state index >= 15 is 0 Å². The van der Waals surface area contributed by atoms with E-state index in [2.05, 4.69) is 12.2 Å². The summed E-state index contributed by atoms with van der Waals surface area (Å²) in [5.41, 5.74) is 0.909. The topological polar surface area (TPSA) is 55.4 Å². The minimum absolute atomic E-state index is 0.201. The quantitative estimate of drug-likeness (QED) is 0.808. The second-order valence-corrected chi connectivity index (χ2v) is 6.68. The van der Waals surface area contributed by atoms with Gasteiger partial charge in [-0.05, 0) is 49.7 Å². The van der Waals surface area contributed by atoms with E-state index in [9.17, 15) is 9.59 Å². The smallest absolute Gasteiger partial charge is 0.306 e. The first kappa shape index (κ1) is 17.8. The van der Waals surface area contributed by atoms with Crippen LogP contribution in [-0.4, -0.2) is 24.5 Å². The summed E-state index contributed by atoms with van der Waals surface area (Å²) in [6, 6.07) is 7.62. The summed E-state index contributed by atoms with van der Waals surface area (Å²) >= 11 is 6.04. The number of halogens is 1. The van der Waals surface area contributed by atoms with Crippen LogP contribution < -0.4 is 5.32 Å². The first-order chi connectivity index (χ1) is 11.0. The zero-order chi connectivity index (χ0) is 16.7. The van der Waals surface area contributed by atoms with Gasteiger partial charge in [-0.25, -0.2) is 0 Å². The van der Waals surface area contributed by atoms with Crippen LogP contribution in [-0.2, 0) is 20.7 Å². The number of hydrogen-bond acceptors (Lipinski definition) is 3. The molecule has 0 radical (unpaired) electrons. The van der Waals surface area contributed by atoms with Crippen molar-refractivity contribution in [2.75, 3.05) is 6.61 Å². The van der Waals surface area contributed by atoms with Crippen molar-refractivity contribution in [1.82, 2.24) is 5.32 Å². The summed E-state index contributed by atoms with van der Waals surface area (Å²) in [6.07, 6.45) is 5.03. The molecule has 0 heterocycles. The van der Waals surface area contributed by atoms with Crippen molar-refractivity contribution in [3.8, 4) is 0 Å². The zero-order valence-electron chi connectivity index (χ0n) is 13.5. The molecule has 0 bridgehead atoms. The van der Waals surface area contributed by atoms with E-state index < -0.39 is 0 Å². The maximum Gasteiger partial charge on any atom is 0.306 e. The number of carbonyl (C=O) groups excluding carboxylic acids is 2. The molecular weight excluding hydrogens is 314 g/mol.